The van der Waals surface area contributed by atoms with Gasteiger partial charge in [0.1, 0.15) is 17.2 Å². The molecule has 2 aromatic heterocycles. The summed E-state index contributed by atoms with van der Waals surface area (Å²) in [5, 5.41) is 14.0. The van der Waals surface area contributed by atoms with Crippen LogP contribution in [-0.4, -0.2) is 20.4 Å². The number of halogens is 1. The number of amides is 1. The second-order valence-corrected chi connectivity index (χ2v) is 8.41. The van der Waals surface area contributed by atoms with Crippen LogP contribution in [0.2, 0.25) is 0 Å². The van der Waals surface area contributed by atoms with Crippen LogP contribution in [0.15, 0.2) is 53.6 Å². The second-order valence-electron chi connectivity index (χ2n) is 7.20. The zero-order valence-corrected chi connectivity index (χ0v) is 17.9. The van der Waals surface area contributed by atoms with Crippen LogP contribution in [0.5, 0.6) is 0 Å². The van der Waals surface area contributed by atoms with Crippen LogP contribution in [-0.2, 0) is 11.3 Å². The van der Waals surface area contributed by atoms with E-state index in [-0.39, 0.29) is 18.0 Å². The zero-order valence-electron chi connectivity index (χ0n) is 17.1. The van der Waals surface area contributed by atoms with E-state index >= 15 is 0 Å². The van der Waals surface area contributed by atoms with Crippen LogP contribution in [0, 0.1) is 29.8 Å². The molecule has 1 N–H and O–H groups in total. The van der Waals surface area contributed by atoms with E-state index in [9.17, 15) is 24.1 Å². The molecule has 4 rings (SSSR count). The summed E-state index contributed by atoms with van der Waals surface area (Å²) < 4.78 is 14.5. The first-order chi connectivity index (χ1) is 15.2. The highest BCUT2D eigenvalue weighted by atomic mass is 32.1. The van der Waals surface area contributed by atoms with Crippen molar-refractivity contribution in [2.75, 3.05) is 5.32 Å². The predicted molar refractivity (Wildman–Crippen MR) is 120 cm³/mol. The Morgan fingerprint density at radius 1 is 1.22 bits per heavy atom. The van der Waals surface area contributed by atoms with Crippen molar-refractivity contribution >= 4 is 38.8 Å². The molecule has 0 unspecified atom stereocenters. The average Bonchev–Trinajstić information content (AvgIpc) is 3.09. The molecule has 8 nitrogen and oxygen atoms in total. The van der Waals surface area contributed by atoms with Gasteiger partial charge in [0.15, 0.2) is 0 Å². The number of fused-ring (bicyclic) bond motifs is 1. The van der Waals surface area contributed by atoms with E-state index in [4.69, 9.17) is 0 Å². The van der Waals surface area contributed by atoms with Gasteiger partial charge in [-0.1, -0.05) is 18.2 Å². The van der Waals surface area contributed by atoms with E-state index in [0.717, 1.165) is 4.88 Å². The molecule has 32 heavy (non-hydrogen) atoms. The number of thiophene rings is 1. The molecule has 0 aliphatic carbocycles. The van der Waals surface area contributed by atoms with E-state index in [1.54, 1.807) is 19.1 Å². The molecule has 0 bridgehead atoms. The number of nitrogens with zero attached hydrogens (tertiary/aromatic N) is 3. The van der Waals surface area contributed by atoms with Crippen LogP contribution in [0.1, 0.15) is 10.4 Å². The third-order valence-electron chi connectivity index (χ3n) is 5.01. The number of benzene rings is 2. The molecule has 0 aliphatic rings. The number of nitro benzene ring substituents is 1. The topological polar surface area (TPSA) is 107 Å². The summed E-state index contributed by atoms with van der Waals surface area (Å²) in [7, 11) is 0. The van der Waals surface area contributed by atoms with Crippen LogP contribution in [0.3, 0.4) is 0 Å². The Morgan fingerprint density at radius 2 is 1.94 bits per heavy atom. The van der Waals surface area contributed by atoms with Crippen molar-refractivity contribution in [3.63, 3.8) is 0 Å². The molecule has 0 radical (unpaired) electrons. The SMILES string of the molecule is Cc1ccc([N+](=O)[O-])cc1NC(=O)Cn1cnc2sc(C)c(-c3ccc(F)cc3)c2c1=O. The van der Waals surface area contributed by atoms with Crippen LogP contribution < -0.4 is 10.9 Å². The maximum atomic E-state index is 13.3. The van der Waals surface area contributed by atoms with Crippen molar-refractivity contribution in [1.29, 1.82) is 0 Å². The monoisotopic (exact) mass is 452 g/mol. The van der Waals surface area contributed by atoms with Crippen LogP contribution in [0.4, 0.5) is 15.8 Å². The van der Waals surface area contributed by atoms with Gasteiger partial charge in [0.2, 0.25) is 5.91 Å². The van der Waals surface area contributed by atoms with Crippen molar-refractivity contribution in [3.05, 3.63) is 85.5 Å². The molecular formula is C22H17FN4O4S. The highest BCUT2D eigenvalue weighted by Crippen LogP contribution is 2.35. The first kappa shape index (κ1) is 21.3. The van der Waals surface area contributed by atoms with Gasteiger partial charge in [-0.05, 0) is 37.1 Å². The molecule has 0 saturated heterocycles. The molecule has 0 fully saturated rings. The largest absolute Gasteiger partial charge is 0.324 e. The number of nitro groups is 1. The van der Waals surface area contributed by atoms with Crippen molar-refractivity contribution < 1.29 is 14.1 Å². The van der Waals surface area contributed by atoms with Gasteiger partial charge in [-0.15, -0.1) is 11.3 Å². The normalized spacial score (nSPS) is 11.0. The highest BCUT2D eigenvalue weighted by Gasteiger charge is 2.18. The van der Waals surface area contributed by atoms with Crippen molar-refractivity contribution in [1.82, 2.24) is 9.55 Å². The summed E-state index contributed by atoms with van der Waals surface area (Å²) in [6, 6.07) is 9.99. The Labute approximate surface area is 185 Å². The van der Waals surface area contributed by atoms with E-state index in [0.29, 0.717) is 32.6 Å². The fourth-order valence-electron chi connectivity index (χ4n) is 3.42. The highest BCUT2D eigenvalue weighted by molar-refractivity contribution is 7.19. The molecule has 0 spiro atoms. The second kappa shape index (κ2) is 8.31. The van der Waals surface area contributed by atoms with Crippen molar-refractivity contribution in [2.24, 2.45) is 0 Å². The van der Waals surface area contributed by atoms with Gasteiger partial charge in [-0.25, -0.2) is 9.37 Å². The Morgan fingerprint density at radius 3 is 2.62 bits per heavy atom. The Kier molecular flexibility index (Phi) is 5.54. The zero-order chi connectivity index (χ0) is 23.0. The third kappa shape index (κ3) is 4.00. The summed E-state index contributed by atoms with van der Waals surface area (Å²) in [5.41, 5.74) is 1.74. The standard InChI is InChI=1S/C22H17FN4O4S/c1-12-3-8-16(27(30)31)9-17(12)25-18(28)10-26-11-24-21-20(22(26)29)19(13(2)32-21)14-4-6-15(23)7-5-14/h3-9,11H,10H2,1-2H3,(H,25,28). The van der Waals surface area contributed by atoms with Crippen molar-refractivity contribution in [3.8, 4) is 11.1 Å². The lowest BCUT2D eigenvalue weighted by Crippen LogP contribution is -2.28. The van der Waals surface area contributed by atoms with E-state index < -0.39 is 16.4 Å². The smallest absolute Gasteiger partial charge is 0.271 e. The Bertz CT molecular complexity index is 1430. The molecular weight excluding hydrogens is 435 g/mol. The Hall–Kier alpha value is -3.92. The molecule has 0 saturated carbocycles. The fourth-order valence-corrected chi connectivity index (χ4v) is 4.42. The number of anilines is 1. The molecule has 10 heteroatoms. The molecule has 1 amide bonds. The molecule has 2 aromatic carbocycles. The van der Waals surface area contributed by atoms with E-state index in [1.807, 2.05) is 6.92 Å². The number of nitrogens with one attached hydrogen (secondary N) is 1. The number of hydrogen-bond donors (Lipinski definition) is 1. The fraction of sp³-hybridized carbons (Fsp3) is 0.136. The number of aromatic nitrogens is 2. The summed E-state index contributed by atoms with van der Waals surface area (Å²) in [4.78, 5) is 41.9. The van der Waals surface area contributed by atoms with Crippen LogP contribution in [0.25, 0.3) is 21.3 Å². The van der Waals surface area contributed by atoms with Crippen molar-refractivity contribution in [2.45, 2.75) is 20.4 Å². The summed E-state index contributed by atoms with van der Waals surface area (Å²) in [6.07, 6.45) is 1.30. The minimum Gasteiger partial charge on any atom is -0.324 e. The third-order valence-corrected chi connectivity index (χ3v) is 6.02. The van der Waals surface area contributed by atoms with E-state index in [1.165, 1.54) is 52.6 Å². The minimum atomic E-state index is -0.548. The first-order valence-corrected chi connectivity index (χ1v) is 10.4. The predicted octanol–water partition coefficient (Wildman–Crippen LogP) is 4.43. The average molecular weight is 452 g/mol. The number of carbonyl (C=O) groups excluding carboxylic acids is 1. The summed E-state index contributed by atoms with van der Waals surface area (Å²) in [6.45, 7) is 3.25. The van der Waals surface area contributed by atoms with Gasteiger partial charge in [0, 0.05) is 22.6 Å². The number of rotatable bonds is 5. The molecule has 0 atom stereocenters. The van der Waals surface area contributed by atoms with Gasteiger partial charge in [0.05, 0.1) is 22.3 Å². The molecule has 162 valence electrons. The lowest BCUT2D eigenvalue weighted by molar-refractivity contribution is -0.384. The number of aryl methyl sites for hydroxylation is 2. The maximum absolute atomic E-state index is 13.3. The quantitative estimate of drug-likeness (QED) is 0.356. The number of hydrogen-bond acceptors (Lipinski definition) is 6. The molecule has 4 aromatic rings. The first-order valence-electron chi connectivity index (χ1n) is 9.54. The molecule has 0 aliphatic heterocycles. The number of non-ortho nitro benzene ring substituents is 1. The lowest BCUT2D eigenvalue weighted by atomic mass is 10.0. The minimum absolute atomic E-state index is 0.149. The summed E-state index contributed by atoms with van der Waals surface area (Å²) in [5.74, 6) is -0.901. The van der Waals surface area contributed by atoms with E-state index in [2.05, 4.69) is 10.3 Å². The van der Waals surface area contributed by atoms with Gasteiger partial charge in [0.25, 0.3) is 11.2 Å². The van der Waals surface area contributed by atoms with Gasteiger partial charge >= 0.3 is 0 Å². The van der Waals surface area contributed by atoms with Gasteiger partial charge in [-0.3, -0.25) is 24.3 Å². The van der Waals surface area contributed by atoms with Gasteiger partial charge in [-0.2, -0.15) is 0 Å². The lowest BCUT2D eigenvalue weighted by Gasteiger charge is -2.10. The summed E-state index contributed by atoms with van der Waals surface area (Å²) >= 11 is 1.35. The number of carbonyl (C=O) groups is 1. The van der Waals surface area contributed by atoms with Crippen LogP contribution >= 0.6 is 11.3 Å². The molecule has 2 heterocycles. The maximum Gasteiger partial charge on any atom is 0.271 e. The van der Waals surface area contributed by atoms with Gasteiger partial charge < -0.3 is 5.32 Å². The Balaban J connectivity index is 1.68.